The summed E-state index contributed by atoms with van der Waals surface area (Å²) in [5.74, 6) is -1.07. The maximum absolute atomic E-state index is 13.5. The van der Waals surface area contributed by atoms with Crippen LogP contribution in [0.5, 0.6) is 0 Å². The number of halogens is 2. The fourth-order valence-electron chi connectivity index (χ4n) is 1.18. The molecule has 0 unspecified atom stereocenters. The Hall–Kier alpha value is -0.980. The lowest BCUT2D eigenvalue weighted by Crippen LogP contribution is -2.28. The molecule has 0 saturated heterocycles. The summed E-state index contributed by atoms with van der Waals surface area (Å²) in [6, 6.07) is 4.52. The van der Waals surface area contributed by atoms with Gasteiger partial charge in [-0.05, 0) is 28.1 Å². The van der Waals surface area contributed by atoms with Crippen molar-refractivity contribution in [1.29, 1.82) is 0 Å². The molecule has 0 aliphatic rings. The van der Waals surface area contributed by atoms with Crippen LogP contribution >= 0.6 is 15.9 Å². The van der Waals surface area contributed by atoms with Crippen molar-refractivity contribution in [1.82, 2.24) is 5.32 Å². The summed E-state index contributed by atoms with van der Waals surface area (Å²) in [5, 5.41) is 11.0. The maximum atomic E-state index is 13.5. The molecule has 94 valence electrons. The summed E-state index contributed by atoms with van der Waals surface area (Å²) in [5.41, 5.74) is -0.0125. The van der Waals surface area contributed by atoms with Gasteiger partial charge >= 0.3 is 0 Å². The van der Waals surface area contributed by atoms with Gasteiger partial charge in [0.25, 0.3) is 5.91 Å². The van der Waals surface area contributed by atoms with Gasteiger partial charge in [-0.1, -0.05) is 6.07 Å². The lowest BCUT2D eigenvalue weighted by molar-refractivity contribution is 0.0835. The summed E-state index contributed by atoms with van der Waals surface area (Å²) >= 11 is 3.01. The van der Waals surface area contributed by atoms with Gasteiger partial charge in [0.1, 0.15) is 5.82 Å². The highest BCUT2D eigenvalue weighted by Gasteiger charge is 2.12. The van der Waals surface area contributed by atoms with Crippen LogP contribution in [0.15, 0.2) is 22.7 Å². The van der Waals surface area contributed by atoms with E-state index in [9.17, 15) is 9.18 Å². The van der Waals surface area contributed by atoms with E-state index in [4.69, 9.17) is 9.84 Å². The molecule has 0 atom stereocenters. The van der Waals surface area contributed by atoms with Crippen LogP contribution in [-0.2, 0) is 4.74 Å². The minimum absolute atomic E-state index is 0.0125. The van der Waals surface area contributed by atoms with E-state index in [1.807, 2.05) is 0 Å². The Morgan fingerprint density at radius 1 is 1.47 bits per heavy atom. The Balaban J connectivity index is 2.44. The number of aliphatic hydroxyl groups is 1. The van der Waals surface area contributed by atoms with E-state index in [-0.39, 0.29) is 36.4 Å². The molecular weight excluding hydrogens is 293 g/mol. The topological polar surface area (TPSA) is 58.6 Å². The van der Waals surface area contributed by atoms with Crippen molar-refractivity contribution < 1.29 is 19.0 Å². The molecule has 6 heteroatoms. The molecule has 1 amide bonds. The molecule has 0 aromatic heterocycles. The number of aliphatic hydroxyl groups excluding tert-OH is 1. The second-order valence-corrected chi connectivity index (χ2v) is 4.05. The van der Waals surface area contributed by atoms with Crippen molar-refractivity contribution in [2.24, 2.45) is 0 Å². The molecule has 17 heavy (non-hydrogen) atoms. The fraction of sp³-hybridized carbons (Fsp3) is 0.364. The molecule has 1 rings (SSSR count). The van der Waals surface area contributed by atoms with Crippen LogP contribution in [0.4, 0.5) is 4.39 Å². The van der Waals surface area contributed by atoms with E-state index >= 15 is 0 Å². The highest BCUT2D eigenvalue weighted by Crippen LogP contribution is 2.18. The predicted octanol–water partition coefficient (Wildman–Crippen LogP) is 1.33. The molecule has 4 nitrogen and oxygen atoms in total. The van der Waals surface area contributed by atoms with Crippen LogP contribution < -0.4 is 5.32 Å². The number of hydrogen-bond acceptors (Lipinski definition) is 3. The van der Waals surface area contributed by atoms with E-state index < -0.39 is 11.7 Å². The number of hydrogen-bond donors (Lipinski definition) is 2. The first-order valence-corrected chi connectivity index (χ1v) is 5.87. The van der Waals surface area contributed by atoms with E-state index in [2.05, 4.69) is 21.2 Å². The van der Waals surface area contributed by atoms with Gasteiger partial charge < -0.3 is 15.2 Å². The number of carbonyl (C=O) groups excluding carboxylic acids is 1. The van der Waals surface area contributed by atoms with Gasteiger partial charge in [-0.2, -0.15) is 0 Å². The zero-order valence-electron chi connectivity index (χ0n) is 9.08. The third-order valence-electron chi connectivity index (χ3n) is 1.96. The summed E-state index contributed by atoms with van der Waals surface area (Å²) < 4.78 is 18.7. The van der Waals surface area contributed by atoms with Gasteiger partial charge in [0.2, 0.25) is 0 Å². The Labute approximate surface area is 107 Å². The van der Waals surface area contributed by atoms with Gasteiger partial charge in [0, 0.05) is 6.54 Å². The number of nitrogens with one attached hydrogen (secondary N) is 1. The number of amides is 1. The van der Waals surface area contributed by atoms with Gasteiger partial charge in [-0.15, -0.1) is 0 Å². The van der Waals surface area contributed by atoms with Gasteiger partial charge in [-0.3, -0.25) is 4.79 Å². The first-order valence-electron chi connectivity index (χ1n) is 5.07. The van der Waals surface area contributed by atoms with Crippen LogP contribution in [-0.4, -0.2) is 37.4 Å². The van der Waals surface area contributed by atoms with Gasteiger partial charge in [-0.25, -0.2) is 4.39 Å². The minimum Gasteiger partial charge on any atom is -0.394 e. The van der Waals surface area contributed by atoms with Crippen LogP contribution in [0.2, 0.25) is 0 Å². The maximum Gasteiger partial charge on any atom is 0.254 e. The smallest absolute Gasteiger partial charge is 0.254 e. The average Bonchev–Trinajstić information content (AvgIpc) is 2.32. The molecule has 0 spiro atoms. The Morgan fingerprint density at radius 2 is 2.24 bits per heavy atom. The Bertz CT molecular complexity index is 387. The van der Waals surface area contributed by atoms with Crippen molar-refractivity contribution in [2.75, 3.05) is 26.4 Å². The van der Waals surface area contributed by atoms with Crippen molar-refractivity contribution in [3.05, 3.63) is 34.1 Å². The zero-order valence-corrected chi connectivity index (χ0v) is 10.7. The van der Waals surface area contributed by atoms with E-state index in [0.29, 0.717) is 0 Å². The number of benzene rings is 1. The lowest BCUT2D eigenvalue weighted by atomic mass is 10.2. The summed E-state index contributed by atoms with van der Waals surface area (Å²) in [6.45, 7) is 0.710. The SMILES string of the molecule is O=C(NCCOCCO)c1cccc(Br)c1F. The van der Waals surface area contributed by atoms with Crippen molar-refractivity contribution in [3.63, 3.8) is 0 Å². The average molecular weight is 306 g/mol. The fourth-order valence-corrected chi connectivity index (χ4v) is 1.54. The van der Waals surface area contributed by atoms with Crippen LogP contribution in [0.1, 0.15) is 10.4 Å². The van der Waals surface area contributed by atoms with Crippen molar-refractivity contribution in [2.45, 2.75) is 0 Å². The molecule has 0 heterocycles. The monoisotopic (exact) mass is 305 g/mol. The third kappa shape index (κ3) is 4.41. The molecule has 2 N–H and O–H groups in total. The Morgan fingerprint density at radius 3 is 2.94 bits per heavy atom. The minimum atomic E-state index is -0.582. The molecule has 0 aliphatic heterocycles. The molecule has 0 fully saturated rings. The second kappa shape index (κ2) is 7.37. The Kier molecular flexibility index (Phi) is 6.10. The van der Waals surface area contributed by atoms with Gasteiger partial charge in [0.15, 0.2) is 0 Å². The highest BCUT2D eigenvalue weighted by molar-refractivity contribution is 9.10. The zero-order chi connectivity index (χ0) is 12.7. The molecular formula is C11H13BrFNO3. The van der Waals surface area contributed by atoms with Crippen LogP contribution in [0, 0.1) is 5.82 Å². The van der Waals surface area contributed by atoms with E-state index in [0.717, 1.165) is 0 Å². The summed E-state index contributed by atoms with van der Waals surface area (Å²) in [7, 11) is 0. The highest BCUT2D eigenvalue weighted by atomic mass is 79.9. The van der Waals surface area contributed by atoms with Crippen molar-refractivity contribution in [3.8, 4) is 0 Å². The standard InChI is InChI=1S/C11H13BrFNO3/c12-9-3-1-2-8(10(9)13)11(16)14-4-6-17-7-5-15/h1-3,15H,4-7H2,(H,14,16). The number of ether oxygens (including phenoxy) is 1. The molecule has 0 aliphatic carbocycles. The number of carbonyl (C=O) groups is 1. The second-order valence-electron chi connectivity index (χ2n) is 3.19. The quantitative estimate of drug-likeness (QED) is 0.780. The summed E-state index contributed by atoms with van der Waals surface area (Å²) in [4.78, 5) is 11.6. The molecule has 1 aromatic carbocycles. The van der Waals surface area contributed by atoms with Crippen molar-refractivity contribution >= 4 is 21.8 Å². The molecule has 0 bridgehead atoms. The first kappa shape index (κ1) is 14.1. The largest absolute Gasteiger partial charge is 0.394 e. The van der Waals surface area contributed by atoms with E-state index in [1.165, 1.54) is 12.1 Å². The van der Waals surface area contributed by atoms with Crippen LogP contribution in [0.3, 0.4) is 0 Å². The lowest BCUT2D eigenvalue weighted by Gasteiger charge is -2.07. The first-order chi connectivity index (χ1) is 8.16. The van der Waals surface area contributed by atoms with Gasteiger partial charge in [0.05, 0.1) is 29.9 Å². The normalized spacial score (nSPS) is 10.3. The summed E-state index contributed by atoms with van der Waals surface area (Å²) in [6.07, 6.45) is 0. The molecule has 0 radical (unpaired) electrons. The third-order valence-corrected chi connectivity index (χ3v) is 2.58. The molecule has 1 aromatic rings. The predicted molar refractivity (Wildman–Crippen MR) is 64.3 cm³/mol. The number of rotatable bonds is 6. The van der Waals surface area contributed by atoms with E-state index in [1.54, 1.807) is 6.07 Å². The molecule has 0 saturated carbocycles. The van der Waals surface area contributed by atoms with Crippen LogP contribution in [0.25, 0.3) is 0 Å².